The van der Waals surface area contributed by atoms with Gasteiger partial charge in [-0.25, -0.2) is 12.8 Å². The summed E-state index contributed by atoms with van der Waals surface area (Å²) in [6.07, 6.45) is 0. The van der Waals surface area contributed by atoms with Crippen LogP contribution in [0.25, 0.3) is 0 Å². The lowest BCUT2D eigenvalue weighted by Crippen LogP contribution is -2.14. The van der Waals surface area contributed by atoms with Gasteiger partial charge in [0, 0.05) is 10.7 Å². The fourth-order valence-corrected chi connectivity index (χ4v) is 3.26. The van der Waals surface area contributed by atoms with Crippen molar-refractivity contribution in [2.45, 2.75) is 11.8 Å². The first-order chi connectivity index (χ1) is 12.3. The highest BCUT2D eigenvalue weighted by atomic mass is 35.5. The molecule has 0 radical (unpaired) electrons. The molecule has 0 aliphatic carbocycles. The molecular weight excluding hydrogens is 379 g/mol. The third-order valence-corrected chi connectivity index (χ3v) is 5.25. The summed E-state index contributed by atoms with van der Waals surface area (Å²) in [6, 6.07) is 13.0. The van der Waals surface area contributed by atoms with E-state index in [2.05, 4.69) is 20.2 Å². The molecule has 0 amide bonds. The summed E-state index contributed by atoms with van der Waals surface area (Å²) in [7, 11) is -3.87. The monoisotopic (exact) mass is 392 g/mol. The molecule has 0 unspecified atom stereocenters. The summed E-state index contributed by atoms with van der Waals surface area (Å²) in [5.74, 6) is -0.0492. The van der Waals surface area contributed by atoms with Gasteiger partial charge in [0.2, 0.25) is 0 Å². The average molecular weight is 393 g/mol. The maximum Gasteiger partial charge on any atom is 0.263 e. The van der Waals surface area contributed by atoms with Crippen LogP contribution in [0.2, 0.25) is 5.02 Å². The number of anilines is 3. The van der Waals surface area contributed by atoms with Gasteiger partial charge >= 0.3 is 0 Å². The quantitative estimate of drug-likeness (QED) is 0.682. The molecule has 0 saturated heterocycles. The largest absolute Gasteiger partial charge is 0.339 e. The molecule has 1 heterocycles. The summed E-state index contributed by atoms with van der Waals surface area (Å²) in [5, 5.41) is 11.4. The van der Waals surface area contributed by atoms with E-state index < -0.39 is 15.8 Å². The van der Waals surface area contributed by atoms with Gasteiger partial charge in [-0.1, -0.05) is 17.7 Å². The summed E-state index contributed by atoms with van der Waals surface area (Å²) in [5.41, 5.74) is 1.68. The Labute approximate surface area is 155 Å². The molecule has 0 aliphatic heterocycles. The molecular formula is C17H14ClFN4O2S. The Hall–Kier alpha value is -2.71. The second-order valence-corrected chi connectivity index (χ2v) is 7.54. The van der Waals surface area contributed by atoms with Crippen molar-refractivity contribution >= 4 is 38.9 Å². The molecule has 9 heteroatoms. The second-order valence-electron chi connectivity index (χ2n) is 5.45. The topological polar surface area (TPSA) is 84.0 Å². The van der Waals surface area contributed by atoms with Gasteiger partial charge in [0.25, 0.3) is 10.0 Å². The lowest BCUT2D eigenvalue weighted by Gasteiger charge is -2.09. The number of aromatic nitrogens is 2. The molecule has 1 aromatic heterocycles. The first-order valence-electron chi connectivity index (χ1n) is 7.49. The Balaban J connectivity index is 1.73. The third-order valence-electron chi connectivity index (χ3n) is 3.47. The SMILES string of the molecule is Cc1ccc(Nc2ccc(NS(=O)(=O)c3ccc(F)cc3)nn2)cc1Cl. The van der Waals surface area contributed by atoms with Crippen molar-refractivity contribution in [1.82, 2.24) is 10.2 Å². The van der Waals surface area contributed by atoms with Crippen LogP contribution >= 0.6 is 11.6 Å². The lowest BCUT2D eigenvalue weighted by molar-refractivity contribution is 0.599. The number of rotatable bonds is 5. The molecule has 0 bridgehead atoms. The molecule has 0 saturated carbocycles. The van der Waals surface area contributed by atoms with E-state index >= 15 is 0 Å². The van der Waals surface area contributed by atoms with Crippen molar-refractivity contribution in [1.29, 1.82) is 0 Å². The smallest absolute Gasteiger partial charge is 0.263 e. The zero-order valence-corrected chi connectivity index (χ0v) is 15.1. The van der Waals surface area contributed by atoms with Crippen LogP contribution in [0, 0.1) is 12.7 Å². The first-order valence-corrected chi connectivity index (χ1v) is 9.35. The van der Waals surface area contributed by atoms with Crippen LogP contribution in [0.5, 0.6) is 0 Å². The predicted octanol–water partition coefficient (Wildman–Crippen LogP) is 4.12. The molecule has 2 aromatic carbocycles. The van der Waals surface area contributed by atoms with E-state index in [9.17, 15) is 12.8 Å². The normalized spacial score (nSPS) is 11.2. The number of nitrogens with one attached hydrogen (secondary N) is 2. The summed E-state index contributed by atoms with van der Waals surface area (Å²) in [4.78, 5) is -0.0720. The molecule has 6 nitrogen and oxygen atoms in total. The minimum absolute atomic E-state index is 0.0433. The minimum Gasteiger partial charge on any atom is -0.339 e. The second kappa shape index (κ2) is 7.27. The van der Waals surface area contributed by atoms with E-state index in [1.54, 1.807) is 12.1 Å². The Morgan fingerprint density at radius 2 is 1.62 bits per heavy atom. The number of hydrogen-bond donors (Lipinski definition) is 2. The lowest BCUT2D eigenvalue weighted by atomic mass is 10.2. The Kier molecular flexibility index (Phi) is 5.06. The van der Waals surface area contributed by atoms with Gasteiger partial charge in [-0.05, 0) is 61.0 Å². The maximum atomic E-state index is 12.9. The average Bonchev–Trinajstić information content (AvgIpc) is 2.60. The number of halogens is 2. The fourth-order valence-electron chi connectivity index (χ4n) is 2.08. The number of aryl methyl sites for hydroxylation is 1. The molecule has 0 fully saturated rings. The molecule has 0 atom stereocenters. The van der Waals surface area contributed by atoms with Gasteiger partial charge in [-0.2, -0.15) is 0 Å². The van der Waals surface area contributed by atoms with Crippen LogP contribution in [0.3, 0.4) is 0 Å². The van der Waals surface area contributed by atoms with E-state index in [0.717, 1.165) is 23.4 Å². The van der Waals surface area contributed by atoms with E-state index in [1.807, 2.05) is 19.1 Å². The van der Waals surface area contributed by atoms with E-state index in [0.29, 0.717) is 10.8 Å². The molecule has 3 rings (SSSR count). The number of benzene rings is 2. The van der Waals surface area contributed by atoms with Crippen LogP contribution in [-0.2, 0) is 10.0 Å². The number of nitrogens with zero attached hydrogens (tertiary/aromatic N) is 2. The van der Waals surface area contributed by atoms with Crippen molar-refractivity contribution in [2.24, 2.45) is 0 Å². The van der Waals surface area contributed by atoms with Crippen molar-refractivity contribution in [3.63, 3.8) is 0 Å². The number of hydrogen-bond acceptors (Lipinski definition) is 5. The van der Waals surface area contributed by atoms with Gasteiger partial charge in [0.1, 0.15) is 5.82 Å². The minimum atomic E-state index is -3.87. The Bertz CT molecular complexity index is 1030. The molecule has 0 aliphatic rings. The van der Waals surface area contributed by atoms with Crippen LogP contribution < -0.4 is 10.0 Å². The van der Waals surface area contributed by atoms with Gasteiger partial charge in [0.05, 0.1) is 4.90 Å². The van der Waals surface area contributed by atoms with Crippen LogP contribution in [0.15, 0.2) is 59.5 Å². The maximum absolute atomic E-state index is 12.9. The van der Waals surface area contributed by atoms with Gasteiger partial charge in [0.15, 0.2) is 11.6 Å². The molecule has 3 aromatic rings. The summed E-state index contributed by atoms with van der Waals surface area (Å²) >= 11 is 6.07. The summed E-state index contributed by atoms with van der Waals surface area (Å²) < 4.78 is 39.7. The standard InChI is InChI=1S/C17H14ClFN4O2S/c1-11-2-5-13(10-15(11)18)20-16-8-9-17(22-21-16)23-26(24,25)14-6-3-12(19)4-7-14/h2-10H,1H3,(H,20,21)(H,22,23). The molecule has 134 valence electrons. The van der Waals surface area contributed by atoms with Gasteiger partial charge in [-0.15, -0.1) is 10.2 Å². The van der Waals surface area contributed by atoms with Crippen molar-refractivity contribution < 1.29 is 12.8 Å². The molecule has 0 spiro atoms. The summed E-state index contributed by atoms with van der Waals surface area (Å²) in [6.45, 7) is 1.90. The highest BCUT2D eigenvalue weighted by molar-refractivity contribution is 7.92. The molecule has 2 N–H and O–H groups in total. The molecule has 26 heavy (non-hydrogen) atoms. The van der Waals surface area contributed by atoms with Crippen molar-refractivity contribution in [2.75, 3.05) is 10.0 Å². The van der Waals surface area contributed by atoms with Crippen molar-refractivity contribution in [3.05, 3.63) is 71.0 Å². The predicted molar refractivity (Wildman–Crippen MR) is 98.7 cm³/mol. The Morgan fingerprint density at radius 3 is 2.23 bits per heavy atom. The van der Waals surface area contributed by atoms with Gasteiger partial charge < -0.3 is 5.32 Å². The zero-order valence-electron chi connectivity index (χ0n) is 13.6. The number of sulfonamides is 1. The fraction of sp³-hybridized carbons (Fsp3) is 0.0588. The highest BCUT2D eigenvalue weighted by Gasteiger charge is 2.15. The van der Waals surface area contributed by atoms with Crippen LogP contribution in [0.1, 0.15) is 5.56 Å². The van der Waals surface area contributed by atoms with E-state index in [-0.39, 0.29) is 10.7 Å². The first kappa shape index (κ1) is 18.1. The van der Waals surface area contributed by atoms with Gasteiger partial charge in [-0.3, -0.25) is 4.72 Å². The van der Waals surface area contributed by atoms with E-state index in [4.69, 9.17) is 11.6 Å². The third kappa shape index (κ3) is 4.27. The Morgan fingerprint density at radius 1 is 0.962 bits per heavy atom. The van der Waals surface area contributed by atoms with Crippen molar-refractivity contribution in [3.8, 4) is 0 Å². The van der Waals surface area contributed by atoms with Crippen LogP contribution in [-0.4, -0.2) is 18.6 Å². The van der Waals surface area contributed by atoms with E-state index in [1.165, 1.54) is 18.2 Å². The zero-order chi connectivity index (χ0) is 18.7. The highest BCUT2D eigenvalue weighted by Crippen LogP contribution is 2.22. The van der Waals surface area contributed by atoms with Crippen LogP contribution in [0.4, 0.5) is 21.7 Å².